The van der Waals surface area contributed by atoms with Crippen LogP contribution in [0, 0.1) is 0 Å². The lowest BCUT2D eigenvalue weighted by atomic mass is 10.0. The van der Waals surface area contributed by atoms with Gasteiger partial charge in [0.05, 0.1) is 19.8 Å². The average molecular weight is 813 g/mol. The molecule has 0 saturated carbocycles. The largest absolute Gasteiger partial charge is 0.472 e. The topological polar surface area (TPSA) is 149 Å². The summed E-state index contributed by atoms with van der Waals surface area (Å²) < 4.78 is 32.7. The van der Waals surface area contributed by atoms with Gasteiger partial charge in [-0.2, -0.15) is 0 Å². The zero-order valence-electron chi connectivity index (χ0n) is 35.3. The van der Waals surface area contributed by atoms with Crippen molar-refractivity contribution in [2.45, 2.75) is 199 Å². The first-order chi connectivity index (χ1) is 27.2. The van der Waals surface area contributed by atoms with Crippen LogP contribution in [0.15, 0.2) is 48.6 Å². The van der Waals surface area contributed by atoms with Crippen LogP contribution in [0.25, 0.3) is 0 Å². The summed E-state index contributed by atoms with van der Waals surface area (Å²) in [5.74, 6) is -0.970. The van der Waals surface area contributed by atoms with Crippen molar-refractivity contribution in [2.24, 2.45) is 0 Å². The van der Waals surface area contributed by atoms with Gasteiger partial charge in [0, 0.05) is 12.8 Å². The minimum absolute atomic E-state index is 0.177. The number of unbranched alkanes of at least 4 members (excludes halogenated alkanes) is 19. The summed E-state index contributed by atoms with van der Waals surface area (Å²) in [6.45, 7) is 2.23. The Labute approximate surface area is 341 Å². The molecule has 326 valence electrons. The molecule has 11 heteroatoms. The second kappa shape index (κ2) is 41.1. The Morgan fingerprint density at radius 1 is 0.554 bits per heavy atom. The molecule has 0 saturated heterocycles. The van der Waals surface area contributed by atoms with Crippen LogP contribution < -0.4 is 0 Å². The molecule has 0 fully saturated rings. The number of phosphoric ester groups is 1. The second-order valence-corrected chi connectivity index (χ2v) is 16.2. The van der Waals surface area contributed by atoms with Crippen molar-refractivity contribution in [1.29, 1.82) is 0 Å². The van der Waals surface area contributed by atoms with Gasteiger partial charge in [0.15, 0.2) is 6.10 Å². The third-order valence-corrected chi connectivity index (χ3v) is 10.2. The van der Waals surface area contributed by atoms with E-state index in [0.29, 0.717) is 12.8 Å². The van der Waals surface area contributed by atoms with E-state index in [4.69, 9.17) is 19.1 Å². The summed E-state index contributed by atoms with van der Waals surface area (Å²) in [5, 5.41) is 18.3. The predicted octanol–water partition coefficient (Wildman–Crippen LogP) is 11.7. The van der Waals surface area contributed by atoms with Crippen molar-refractivity contribution in [3.63, 3.8) is 0 Å². The molecule has 3 atom stereocenters. The van der Waals surface area contributed by atoms with E-state index in [0.717, 1.165) is 57.8 Å². The molecule has 0 aromatic carbocycles. The standard InChI is InChI=1S/C45H81O10P/c1-3-5-7-9-11-13-15-17-19-20-21-23-25-27-29-31-33-35-37-45(49)55-43(41-54-56(50,51)53-39-42(47)38-46)40-52-44(48)36-34-32-30-28-26-24-22-18-16-14-12-10-8-6-4-2/h6,8,12,14,18,22,26,28,42-43,46-47H,3-5,7,9-11,13,15-17,19-21,23-25,27,29-41H2,1-2H3,(H,50,51)/b8-6-,14-12-,22-18-,28-26-/t42-,43+/m0/s1. The molecular weight excluding hydrogens is 731 g/mol. The smallest absolute Gasteiger partial charge is 0.462 e. The number of rotatable bonds is 41. The monoisotopic (exact) mass is 813 g/mol. The quantitative estimate of drug-likeness (QED) is 0.0236. The number of hydrogen-bond donors (Lipinski definition) is 3. The fourth-order valence-corrected chi connectivity index (χ4v) is 6.66. The molecule has 0 bridgehead atoms. The highest BCUT2D eigenvalue weighted by Gasteiger charge is 2.27. The first kappa shape index (κ1) is 53.9. The van der Waals surface area contributed by atoms with E-state index in [1.54, 1.807) is 0 Å². The Balaban J connectivity index is 4.32. The molecule has 0 aliphatic carbocycles. The minimum Gasteiger partial charge on any atom is -0.462 e. The molecule has 10 nitrogen and oxygen atoms in total. The van der Waals surface area contributed by atoms with Gasteiger partial charge in [0.1, 0.15) is 12.7 Å². The molecule has 56 heavy (non-hydrogen) atoms. The van der Waals surface area contributed by atoms with Crippen LogP contribution in [-0.4, -0.2) is 65.7 Å². The Morgan fingerprint density at radius 3 is 1.48 bits per heavy atom. The molecule has 0 aromatic rings. The summed E-state index contributed by atoms with van der Waals surface area (Å²) in [7, 11) is -4.63. The third kappa shape index (κ3) is 40.1. The number of aliphatic hydroxyl groups is 2. The van der Waals surface area contributed by atoms with E-state index in [1.807, 2.05) is 0 Å². The lowest BCUT2D eigenvalue weighted by Crippen LogP contribution is -2.29. The lowest BCUT2D eigenvalue weighted by Gasteiger charge is -2.20. The first-order valence-corrected chi connectivity index (χ1v) is 23.6. The average Bonchev–Trinajstić information content (AvgIpc) is 3.19. The van der Waals surface area contributed by atoms with E-state index in [2.05, 4.69) is 67.0 Å². The predicted molar refractivity (Wildman–Crippen MR) is 228 cm³/mol. The van der Waals surface area contributed by atoms with Gasteiger partial charge in [-0.25, -0.2) is 4.57 Å². The molecule has 1 unspecified atom stereocenters. The van der Waals surface area contributed by atoms with Gasteiger partial charge in [-0.3, -0.25) is 18.6 Å². The van der Waals surface area contributed by atoms with Gasteiger partial charge in [-0.1, -0.05) is 172 Å². The summed E-state index contributed by atoms with van der Waals surface area (Å²) in [4.78, 5) is 35.0. The fourth-order valence-electron chi connectivity index (χ4n) is 5.87. The van der Waals surface area contributed by atoms with Crippen LogP contribution in [-0.2, 0) is 32.7 Å². The third-order valence-electron chi connectivity index (χ3n) is 9.25. The number of carbonyl (C=O) groups is 2. The van der Waals surface area contributed by atoms with E-state index < -0.39 is 51.8 Å². The fraction of sp³-hybridized carbons (Fsp3) is 0.778. The van der Waals surface area contributed by atoms with Crippen molar-refractivity contribution in [3.05, 3.63) is 48.6 Å². The van der Waals surface area contributed by atoms with E-state index in [1.165, 1.54) is 89.9 Å². The van der Waals surface area contributed by atoms with Gasteiger partial charge in [-0.05, 0) is 51.4 Å². The molecule has 0 amide bonds. The minimum atomic E-state index is -4.63. The van der Waals surface area contributed by atoms with Gasteiger partial charge < -0.3 is 24.6 Å². The molecular formula is C45H81O10P. The zero-order valence-corrected chi connectivity index (χ0v) is 36.2. The van der Waals surface area contributed by atoms with Crippen LogP contribution in [0.3, 0.4) is 0 Å². The van der Waals surface area contributed by atoms with Gasteiger partial charge >= 0.3 is 19.8 Å². The summed E-state index contributed by atoms with van der Waals surface area (Å²) >= 11 is 0. The number of ether oxygens (including phenoxy) is 2. The highest BCUT2D eigenvalue weighted by atomic mass is 31.2. The van der Waals surface area contributed by atoms with Crippen molar-refractivity contribution >= 4 is 19.8 Å². The maximum Gasteiger partial charge on any atom is 0.472 e. The molecule has 3 N–H and O–H groups in total. The SMILES string of the molecule is CC/C=C\C/C=C\C/C=C\C/C=C\CCCCC(=O)OC[C@H](COP(=O)(O)OC[C@@H](O)CO)OC(=O)CCCCCCCCCCCCCCCCCCCC. The van der Waals surface area contributed by atoms with Gasteiger partial charge in [0.2, 0.25) is 0 Å². The highest BCUT2D eigenvalue weighted by Crippen LogP contribution is 2.43. The summed E-state index contributed by atoms with van der Waals surface area (Å²) in [5.41, 5.74) is 0. The number of phosphoric acid groups is 1. The maximum absolute atomic E-state index is 12.6. The van der Waals surface area contributed by atoms with E-state index in [9.17, 15) is 24.2 Å². The van der Waals surface area contributed by atoms with Crippen LogP contribution in [0.1, 0.15) is 187 Å². The molecule has 0 aliphatic heterocycles. The van der Waals surface area contributed by atoms with Crippen molar-refractivity contribution < 1.29 is 47.8 Å². The zero-order chi connectivity index (χ0) is 41.2. The Hall–Kier alpha value is -2.07. The first-order valence-electron chi connectivity index (χ1n) is 22.1. The van der Waals surface area contributed by atoms with Gasteiger partial charge in [-0.15, -0.1) is 0 Å². The van der Waals surface area contributed by atoms with E-state index >= 15 is 0 Å². The molecule has 0 rings (SSSR count). The van der Waals surface area contributed by atoms with E-state index in [-0.39, 0.29) is 19.4 Å². The maximum atomic E-state index is 12.6. The molecule has 0 heterocycles. The normalized spacial score (nSPS) is 14.3. The Bertz CT molecular complexity index is 1070. The summed E-state index contributed by atoms with van der Waals surface area (Å²) in [6, 6.07) is 0. The number of aliphatic hydroxyl groups excluding tert-OH is 2. The lowest BCUT2D eigenvalue weighted by molar-refractivity contribution is -0.161. The van der Waals surface area contributed by atoms with Crippen LogP contribution in [0.5, 0.6) is 0 Å². The number of hydrogen-bond acceptors (Lipinski definition) is 9. The van der Waals surface area contributed by atoms with Crippen molar-refractivity contribution in [1.82, 2.24) is 0 Å². The highest BCUT2D eigenvalue weighted by molar-refractivity contribution is 7.47. The Morgan fingerprint density at radius 2 is 0.982 bits per heavy atom. The van der Waals surface area contributed by atoms with Crippen molar-refractivity contribution in [3.8, 4) is 0 Å². The molecule has 0 radical (unpaired) electrons. The molecule has 0 aliphatic rings. The Kier molecular flexibility index (Phi) is 39.6. The number of allylic oxidation sites excluding steroid dienone is 8. The van der Waals surface area contributed by atoms with Crippen LogP contribution >= 0.6 is 7.82 Å². The summed E-state index contributed by atoms with van der Waals surface area (Å²) in [6.07, 6.45) is 43.7. The molecule has 0 spiro atoms. The van der Waals surface area contributed by atoms with Crippen molar-refractivity contribution in [2.75, 3.05) is 26.4 Å². The number of carbonyl (C=O) groups excluding carboxylic acids is 2. The van der Waals surface area contributed by atoms with Crippen LogP contribution in [0.4, 0.5) is 0 Å². The second-order valence-electron chi connectivity index (χ2n) is 14.7. The molecule has 0 aromatic heterocycles. The number of esters is 2. The van der Waals surface area contributed by atoms with Crippen LogP contribution in [0.2, 0.25) is 0 Å². The van der Waals surface area contributed by atoms with Gasteiger partial charge in [0.25, 0.3) is 0 Å².